The molecule has 0 N–H and O–H groups in total. The maximum absolute atomic E-state index is 4.19. The lowest BCUT2D eigenvalue weighted by atomic mass is 9.76. The van der Waals surface area contributed by atoms with Crippen LogP contribution in [0.1, 0.15) is 147 Å². The van der Waals surface area contributed by atoms with Crippen LogP contribution >= 0.6 is 0 Å². The summed E-state index contributed by atoms with van der Waals surface area (Å²) in [6, 6.07) is 0. The van der Waals surface area contributed by atoms with Gasteiger partial charge in [0.25, 0.3) is 0 Å². The van der Waals surface area contributed by atoms with E-state index in [0.717, 1.165) is 0 Å². The second-order valence-corrected chi connectivity index (χ2v) is 26.0. The molecule has 2 aliphatic carbocycles. The summed E-state index contributed by atoms with van der Waals surface area (Å²) in [4.78, 5) is 0. The van der Waals surface area contributed by atoms with E-state index in [-0.39, 0.29) is 0 Å². The van der Waals surface area contributed by atoms with Crippen LogP contribution in [0.2, 0.25) is 33.2 Å². The van der Waals surface area contributed by atoms with Crippen LogP contribution in [0.5, 0.6) is 0 Å². The minimum Gasteiger partial charge on any atom is -0.125 e. The van der Waals surface area contributed by atoms with E-state index in [0.29, 0.717) is 45.1 Å². The summed E-state index contributed by atoms with van der Waals surface area (Å²) in [5.74, 6) is 9.47. The van der Waals surface area contributed by atoms with E-state index in [4.69, 9.17) is 0 Å². The van der Waals surface area contributed by atoms with Crippen molar-refractivity contribution in [2.75, 3.05) is 0 Å². The Balaban J connectivity index is 2.89. The molecule has 2 saturated carbocycles. The van der Waals surface area contributed by atoms with Gasteiger partial charge >= 0.3 is 0 Å². The maximum atomic E-state index is 4.19. The summed E-state index contributed by atoms with van der Waals surface area (Å²) in [7, 11) is -3.59. The van der Waals surface area contributed by atoms with Gasteiger partial charge in [0, 0.05) is 11.1 Å². The fourth-order valence-electron chi connectivity index (χ4n) is 8.78. The lowest BCUT2D eigenvalue weighted by Crippen LogP contribution is -2.43. The summed E-state index contributed by atoms with van der Waals surface area (Å²) in [6.07, 6.45) is 13.5. The molecule has 0 atom stereocenters. The van der Waals surface area contributed by atoms with Gasteiger partial charge in [-0.2, -0.15) is 0 Å². The van der Waals surface area contributed by atoms with E-state index in [2.05, 4.69) is 106 Å². The van der Waals surface area contributed by atoms with Gasteiger partial charge in [0.05, 0.1) is 0 Å². The first-order chi connectivity index (χ1) is 17.8. The quantitative estimate of drug-likeness (QED) is 0.207. The van der Waals surface area contributed by atoms with Gasteiger partial charge < -0.3 is 0 Å². The Morgan fingerprint density at radius 3 is 0.868 bits per heavy atom. The van der Waals surface area contributed by atoms with E-state index in [9.17, 15) is 0 Å². The fourth-order valence-corrected chi connectivity index (χ4v) is 19.2. The molecule has 0 amide bonds. The minimum absolute atomic E-state index is 0.633. The van der Waals surface area contributed by atoms with Crippen LogP contribution in [0, 0.1) is 34.8 Å². The van der Waals surface area contributed by atoms with Crippen LogP contribution in [0.15, 0.2) is 11.1 Å². The van der Waals surface area contributed by atoms with Crippen molar-refractivity contribution in [3.05, 3.63) is 11.1 Å². The predicted molar refractivity (Wildman–Crippen MR) is 178 cm³/mol. The van der Waals surface area contributed by atoms with E-state index < -0.39 is 16.1 Å². The van der Waals surface area contributed by atoms with Crippen LogP contribution in [0.4, 0.5) is 0 Å². The smallest absolute Gasteiger partial charge is 0.125 e. The normalized spacial score (nSPS) is 19.2. The standard InChI is InChI=1S/C36H64Si2/c1-27(2)37(28(3)4,29(5)6)25-23-35(33-19-15-13-16-20-33)36(34-21-17-14-18-22-34)24-26-38(30(7)8,31(9)10)32(11)12/h27-34H,13-22H2,1-12H3/b36-35-. The summed E-state index contributed by atoms with van der Waals surface area (Å²) < 4.78 is 0. The first-order valence-electron chi connectivity index (χ1n) is 16.6. The highest BCUT2D eigenvalue weighted by Gasteiger charge is 2.43. The van der Waals surface area contributed by atoms with Crippen molar-refractivity contribution < 1.29 is 0 Å². The number of allylic oxidation sites excluding steroid dienone is 2. The average Bonchev–Trinajstić information content (AvgIpc) is 2.85. The molecule has 2 rings (SSSR count). The molecule has 0 bridgehead atoms. The molecule has 216 valence electrons. The number of hydrogen-bond donors (Lipinski definition) is 0. The zero-order valence-corrected chi connectivity index (χ0v) is 29.7. The first kappa shape index (κ1) is 33.5. The van der Waals surface area contributed by atoms with Crippen molar-refractivity contribution in [2.24, 2.45) is 11.8 Å². The van der Waals surface area contributed by atoms with Crippen LogP contribution in [0.25, 0.3) is 0 Å². The Labute approximate surface area is 242 Å². The van der Waals surface area contributed by atoms with Crippen LogP contribution in [0.3, 0.4) is 0 Å². The van der Waals surface area contributed by atoms with E-state index >= 15 is 0 Å². The largest absolute Gasteiger partial charge is 0.146 e. The predicted octanol–water partition coefficient (Wildman–Crippen LogP) is 11.9. The Kier molecular flexibility index (Phi) is 13.0. The number of rotatable bonds is 8. The molecule has 0 heterocycles. The Morgan fingerprint density at radius 1 is 0.421 bits per heavy atom. The summed E-state index contributed by atoms with van der Waals surface area (Å²) >= 11 is 0. The van der Waals surface area contributed by atoms with Crippen molar-refractivity contribution in [3.63, 3.8) is 0 Å². The fraction of sp³-hybridized carbons (Fsp3) is 0.833. The second kappa shape index (κ2) is 14.8. The average molecular weight is 553 g/mol. The van der Waals surface area contributed by atoms with E-state index in [1.165, 1.54) is 75.4 Å². The molecule has 0 aromatic rings. The van der Waals surface area contributed by atoms with Gasteiger partial charge in [0.1, 0.15) is 16.1 Å². The lowest BCUT2D eigenvalue weighted by molar-refractivity contribution is 0.386. The molecule has 0 saturated heterocycles. The third-order valence-corrected chi connectivity index (χ3v) is 23.5. The molecule has 2 heteroatoms. The monoisotopic (exact) mass is 552 g/mol. The zero-order chi connectivity index (χ0) is 28.7. The van der Waals surface area contributed by atoms with Crippen LogP contribution < -0.4 is 0 Å². The zero-order valence-electron chi connectivity index (χ0n) is 27.7. The van der Waals surface area contributed by atoms with Gasteiger partial charge in [-0.05, 0) is 70.8 Å². The van der Waals surface area contributed by atoms with Gasteiger partial charge in [-0.15, -0.1) is 11.1 Å². The molecule has 38 heavy (non-hydrogen) atoms. The molecule has 2 fully saturated rings. The van der Waals surface area contributed by atoms with E-state index in [1.54, 1.807) is 0 Å². The molecule has 0 aliphatic heterocycles. The highest BCUT2D eigenvalue weighted by molar-refractivity contribution is 6.91. The molecule has 0 aromatic carbocycles. The molecular formula is C36H64Si2. The molecule has 0 spiro atoms. The maximum Gasteiger partial charge on any atom is 0.146 e. The molecule has 0 nitrogen and oxygen atoms in total. The Bertz CT molecular complexity index is 764. The summed E-state index contributed by atoms with van der Waals surface area (Å²) in [5.41, 5.74) is 15.5. The molecule has 0 radical (unpaired) electrons. The Hall–Kier alpha value is -0.706. The highest BCUT2D eigenvalue weighted by atomic mass is 28.3. The van der Waals surface area contributed by atoms with Crippen molar-refractivity contribution >= 4 is 16.1 Å². The third-order valence-electron chi connectivity index (χ3n) is 10.9. The van der Waals surface area contributed by atoms with Crippen molar-refractivity contribution in [3.8, 4) is 22.9 Å². The third kappa shape index (κ3) is 7.32. The van der Waals surface area contributed by atoms with E-state index in [1.807, 2.05) is 0 Å². The molecule has 0 aromatic heterocycles. The van der Waals surface area contributed by atoms with Gasteiger partial charge in [-0.3, -0.25) is 0 Å². The van der Waals surface area contributed by atoms with Crippen molar-refractivity contribution in [2.45, 2.75) is 181 Å². The number of hydrogen-bond acceptors (Lipinski definition) is 0. The minimum atomic E-state index is -1.80. The first-order valence-corrected chi connectivity index (χ1v) is 21.1. The van der Waals surface area contributed by atoms with Gasteiger partial charge in [0.15, 0.2) is 0 Å². The van der Waals surface area contributed by atoms with Crippen molar-refractivity contribution in [1.82, 2.24) is 0 Å². The highest BCUT2D eigenvalue weighted by Crippen LogP contribution is 2.44. The SMILES string of the molecule is CC(C)[Si](C#C/C(=C(\C#C[Si](C(C)C)(C(C)C)C(C)C)C1CCCCC1)C1CCCCC1)(C(C)C)C(C)C. The Morgan fingerprint density at radius 2 is 0.658 bits per heavy atom. The summed E-state index contributed by atoms with van der Waals surface area (Å²) in [5, 5.41) is 0. The molecular weight excluding hydrogens is 489 g/mol. The van der Waals surface area contributed by atoms with Gasteiger partial charge in [0.2, 0.25) is 0 Å². The second-order valence-electron chi connectivity index (χ2n) is 14.8. The van der Waals surface area contributed by atoms with Crippen molar-refractivity contribution in [1.29, 1.82) is 0 Å². The topological polar surface area (TPSA) is 0 Å². The lowest BCUT2D eigenvalue weighted by Gasteiger charge is -2.38. The van der Waals surface area contributed by atoms with Crippen LogP contribution in [-0.4, -0.2) is 16.1 Å². The van der Waals surface area contributed by atoms with Gasteiger partial charge in [-0.1, -0.05) is 133 Å². The summed E-state index contributed by atoms with van der Waals surface area (Å²) in [6.45, 7) is 29.5. The molecule has 2 aliphatic rings. The molecule has 0 unspecified atom stereocenters. The van der Waals surface area contributed by atoms with Crippen LogP contribution in [-0.2, 0) is 0 Å². The van der Waals surface area contributed by atoms with Gasteiger partial charge in [-0.25, -0.2) is 0 Å².